The van der Waals surface area contributed by atoms with Crippen molar-refractivity contribution in [2.75, 3.05) is 26.8 Å². The molecule has 8 heteroatoms. The average molecular weight is 382 g/mol. The predicted octanol–water partition coefficient (Wildman–Crippen LogP) is 2.60. The van der Waals surface area contributed by atoms with Crippen molar-refractivity contribution in [3.63, 3.8) is 0 Å². The van der Waals surface area contributed by atoms with Crippen LogP contribution in [0, 0.1) is 0 Å². The molecule has 1 aliphatic rings. The molecule has 7 nitrogen and oxygen atoms in total. The summed E-state index contributed by atoms with van der Waals surface area (Å²) in [6.45, 7) is 2.96. The summed E-state index contributed by atoms with van der Waals surface area (Å²) in [4.78, 5) is 25.5. The summed E-state index contributed by atoms with van der Waals surface area (Å²) < 4.78 is 10.7. The summed E-state index contributed by atoms with van der Waals surface area (Å²) in [5.41, 5.74) is 3.10. The summed E-state index contributed by atoms with van der Waals surface area (Å²) in [7, 11) is 1.52. The Labute approximate surface area is 158 Å². The Balaban J connectivity index is 1.96. The highest BCUT2D eigenvalue weighted by molar-refractivity contribution is 6.32. The lowest BCUT2D eigenvalue weighted by Gasteiger charge is -2.18. The zero-order valence-corrected chi connectivity index (χ0v) is 15.8. The smallest absolute Gasteiger partial charge is 0.259 e. The van der Waals surface area contributed by atoms with Crippen LogP contribution in [0.4, 0.5) is 0 Å². The maximum Gasteiger partial charge on any atom is 0.259 e. The fraction of sp³-hybridized carbons (Fsp3) is 0.500. The van der Waals surface area contributed by atoms with Crippen LogP contribution < -0.4 is 14.9 Å². The SMILES string of the molecule is CCOc1cc(/C=N\NC(=O)CN2CCCCCC2=O)cc(Cl)c1OC. The monoisotopic (exact) mass is 381 g/mol. The second-order valence-corrected chi connectivity index (χ2v) is 6.29. The molecule has 0 aliphatic carbocycles. The first kappa shape index (κ1) is 20.0. The van der Waals surface area contributed by atoms with Gasteiger partial charge in [0.15, 0.2) is 11.5 Å². The number of benzene rings is 1. The van der Waals surface area contributed by atoms with Crippen molar-refractivity contribution in [2.45, 2.75) is 32.6 Å². The Bertz CT molecular complexity index is 679. The number of rotatable bonds is 7. The first-order valence-corrected chi connectivity index (χ1v) is 9.03. The number of nitrogens with one attached hydrogen (secondary N) is 1. The number of carbonyl (C=O) groups is 2. The zero-order chi connectivity index (χ0) is 18.9. The lowest BCUT2D eigenvalue weighted by molar-refractivity contribution is -0.135. The minimum Gasteiger partial charge on any atom is -0.491 e. The third-order valence-electron chi connectivity index (χ3n) is 3.94. The van der Waals surface area contributed by atoms with E-state index in [9.17, 15) is 9.59 Å². The highest BCUT2D eigenvalue weighted by atomic mass is 35.5. The van der Waals surface area contributed by atoms with Crippen molar-refractivity contribution >= 4 is 29.6 Å². The van der Waals surface area contributed by atoms with E-state index in [1.165, 1.54) is 13.3 Å². The van der Waals surface area contributed by atoms with E-state index in [4.69, 9.17) is 21.1 Å². The topological polar surface area (TPSA) is 80.2 Å². The van der Waals surface area contributed by atoms with Gasteiger partial charge in [0.2, 0.25) is 5.91 Å². The highest BCUT2D eigenvalue weighted by Gasteiger charge is 2.18. The van der Waals surface area contributed by atoms with Crippen molar-refractivity contribution in [1.82, 2.24) is 10.3 Å². The molecule has 1 aromatic rings. The van der Waals surface area contributed by atoms with Crippen LogP contribution in [0.1, 0.15) is 38.2 Å². The lowest BCUT2D eigenvalue weighted by Crippen LogP contribution is -2.39. The van der Waals surface area contributed by atoms with Gasteiger partial charge in [0, 0.05) is 13.0 Å². The number of amides is 2. The molecule has 2 rings (SSSR count). The van der Waals surface area contributed by atoms with Gasteiger partial charge in [-0.05, 0) is 37.5 Å². The molecule has 142 valence electrons. The molecule has 1 saturated heterocycles. The van der Waals surface area contributed by atoms with Crippen LogP contribution in [0.3, 0.4) is 0 Å². The molecule has 0 spiro atoms. The van der Waals surface area contributed by atoms with Crippen molar-refractivity contribution in [3.8, 4) is 11.5 Å². The van der Waals surface area contributed by atoms with Crippen LogP contribution in [-0.4, -0.2) is 49.7 Å². The zero-order valence-electron chi connectivity index (χ0n) is 15.1. The molecule has 2 amide bonds. The second-order valence-electron chi connectivity index (χ2n) is 5.89. The van der Waals surface area contributed by atoms with Crippen LogP contribution in [-0.2, 0) is 9.59 Å². The fourth-order valence-electron chi connectivity index (χ4n) is 2.72. The molecule has 1 fully saturated rings. The van der Waals surface area contributed by atoms with E-state index in [1.807, 2.05) is 6.92 Å². The predicted molar refractivity (Wildman–Crippen MR) is 100.0 cm³/mol. The minimum atomic E-state index is -0.332. The van der Waals surface area contributed by atoms with Gasteiger partial charge in [-0.1, -0.05) is 18.0 Å². The van der Waals surface area contributed by atoms with Crippen LogP contribution in [0.15, 0.2) is 17.2 Å². The molecule has 0 bridgehead atoms. The number of carbonyl (C=O) groups excluding carboxylic acids is 2. The molecular weight excluding hydrogens is 358 g/mol. The van der Waals surface area contributed by atoms with Gasteiger partial charge in [0.25, 0.3) is 5.91 Å². The van der Waals surface area contributed by atoms with Gasteiger partial charge in [0.05, 0.1) is 25.0 Å². The molecule has 26 heavy (non-hydrogen) atoms. The summed E-state index contributed by atoms with van der Waals surface area (Å²) in [5.74, 6) is 0.644. The van der Waals surface area contributed by atoms with Gasteiger partial charge >= 0.3 is 0 Å². The van der Waals surface area contributed by atoms with Crippen LogP contribution in [0.2, 0.25) is 5.02 Å². The van der Waals surface area contributed by atoms with Gasteiger partial charge in [-0.3, -0.25) is 9.59 Å². The number of hydrogen-bond acceptors (Lipinski definition) is 5. The average Bonchev–Trinajstić information content (AvgIpc) is 2.80. The van der Waals surface area contributed by atoms with Crippen molar-refractivity contribution < 1.29 is 19.1 Å². The molecule has 0 unspecified atom stereocenters. The van der Waals surface area contributed by atoms with E-state index < -0.39 is 0 Å². The number of nitrogens with zero attached hydrogens (tertiary/aromatic N) is 2. The Morgan fingerprint density at radius 2 is 2.19 bits per heavy atom. The van der Waals surface area contributed by atoms with Crippen molar-refractivity contribution in [3.05, 3.63) is 22.7 Å². The summed E-state index contributed by atoms with van der Waals surface area (Å²) in [5, 5.41) is 4.33. The molecule has 0 saturated carbocycles. The molecule has 0 radical (unpaired) electrons. The fourth-order valence-corrected chi connectivity index (χ4v) is 3.01. The standard InChI is InChI=1S/C18H24ClN3O4/c1-3-26-15-10-13(9-14(19)18(15)25-2)11-20-21-16(23)12-22-8-6-4-5-7-17(22)24/h9-11H,3-8,12H2,1-2H3,(H,21,23)/b20-11-. The van der Waals surface area contributed by atoms with Crippen LogP contribution in [0.5, 0.6) is 11.5 Å². The van der Waals surface area contributed by atoms with Crippen molar-refractivity contribution in [2.24, 2.45) is 5.10 Å². The van der Waals surface area contributed by atoms with E-state index in [1.54, 1.807) is 17.0 Å². The van der Waals surface area contributed by atoms with E-state index in [2.05, 4.69) is 10.5 Å². The first-order valence-electron chi connectivity index (χ1n) is 8.65. The quantitative estimate of drug-likeness (QED) is 0.581. The molecule has 0 atom stereocenters. The van der Waals surface area contributed by atoms with E-state index in [0.717, 1.165) is 19.3 Å². The minimum absolute atomic E-state index is 0.0176. The Morgan fingerprint density at radius 1 is 1.38 bits per heavy atom. The summed E-state index contributed by atoms with van der Waals surface area (Å²) in [6.07, 6.45) is 4.79. The highest BCUT2D eigenvalue weighted by Crippen LogP contribution is 2.35. The molecular formula is C18H24ClN3O4. The third-order valence-corrected chi connectivity index (χ3v) is 4.23. The van der Waals surface area contributed by atoms with Gasteiger partial charge in [0.1, 0.15) is 6.54 Å². The first-order chi connectivity index (χ1) is 12.5. The summed E-state index contributed by atoms with van der Waals surface area (Å²) in [6, 6.07) is 3.39. The van der Waals surface area contributed by atoms with E-state index >= 15 is 0 Å². The summed E-state index contributed by atoms with van der Waals surface area (Å²) >= 11 is 6.17. The molecule has 1 aliphatic heterocycles. The van der Waals surface area contributed by atoms with Crippen molar-refractivity contribution in [1.29, 1.82) is 0 Å². The largest absolute Gasteiger partial charge is 0.491 e. The molecule has 1 aromatic carbocycles. The van der Waals surface area contributed by atoms with Gasteiger partial charge in [-0.25, -0.2) is 5.43 Å². The second kappa shape index (κ2) is 10.0. The molecule has 0 aromatic heterocycles. The van der Waals surface area contributed by atoms with Gasteiger partial charge in [-0.15, -0.1) is 0 Å². The van der Waals surface area contributed by atoms with E-state index in [-0.39, 0.29) is 18.4 Å². The molecule has 1 heterocycles. The maximum absolute atomic E-state index is 12.0. The molecule has 1 N–H and O–H groups in total. The number of ether oxygens (including phenoxy) is 2. The maximum atomic E-state index is 12.0. The van der Waals surface area contributed by atoms with E-state index in [0.29, 0.717) is 41.7 Å². The Hall–Kier alpha value is -2.28. The number of halogens is 1. The Kier molecular flexibility index (Phi) is 7.72. The lowest BCUT2D eigenvalue weighted by atomic mass is 10.2. The van der Waals surface area contributed by atoms with Crippen LogP contribution >= 0.6 is 11.6 Å². The number of hydrogen-bond donors (Lipinski definition) is 1. The normalized spacial score (nSPS) is 15.0. The number of likely N-dealkylation sites (tertiary alicyclic amines) is 1. The van der Waals surface area contributed by atoms with Gasteiger partial charge in [-0.2, -0.15) is 5.10 Å². The van der Waals surface area contributed by atoms with Gasteiger partial charge < -0.3 is 14.4 Å². The number of hydrazone groups is 1. The Morgan fingerprint density at radius 3 is 2.92 bits per heavy atom. The number of methoxy groups -OCH3 is 1. The third kappa shape index (κ3) is 5.62. The van der Waals surface area contributed by atoms with Crippen LogP contribution in [0.25, 0.3) is 0 Å².